The van der Waals surface area contributed by atoms with Crippen molar-refractivity contribution in [3.8, 4) is 0 Å². The fourth-order valence-corrected chi connectivity index (χ4v) is 5.19. The monoisotopic (exact) mass is 384 g/mol. The van der Waals surface area contributed by atoms with Gasteiger partial charge in [-0.05, 0) is 42.9 Å². The molecular weight excluding hydrogens is 360 g/mol. The van der Waals surface area contributed by atoms with Gasteiger partial charge in [-0.25, -0.2) is 4.79 Å². The summed E-state index contributed by atoms with van der Waals surface area (Å²) in [5.74, 6) is 0.00252. The summed E-state index contributed by atoms with van der Waals surface area (Å²) in [6, 6.07) is 1.33. The number of amides is 1. The minimum atomic E-state index is -0.887. The second-order valence-electron chi connectivity index (χ2n) is 6.56. The van der Waals surface area contributed by atoms with E-state index in [0.29, 0.717) is 43.8 Å². The van der Waals surface area contributed by atoms with Gasteiger partial charge in [-0.1, -0.05) is 0 Å². The largest absolute Gasteiger partial charge is 0.477 e. The molecule has 0 bridgehead atoms. The number of nitrogens with zero attached hydrogens (tertiary/aromatic N) is 1. The highest BCUT2D eigenvalue weighted by Crippen LogP contribution is 2.44. The van der Waals surface area contributed by atoms with Gasteiger partial charge in [0, 0.05) is 24.4 Å². The van der Waals surface area contributed by atoms with E-state index in [1.54, 1.807) is 17.8 Å². The zero-order chi connectivity index (χ0) is 18.0. The van der Waals surface area contributed by atoms with Crippen molar-refractivity contribution >= 4 is 35.0 Å². The molecule has 3 N–H and O–H groups in total. The molecule has 0 aromatic carbocycles. The molecule has 0 radical (unpaired) electrons. The Morgan fingerprint density at radius 3 is 2.84 bits per heavy atom. The van der Waals surface area contributed by atoms with Gasteiger partial charge in [-0.15, -0.1) is 11.3 Å². The lowest BCUT2D eigenvalue weighted by molar-refractivity contribution is -0.141. The Morgan fingerprint density at radius 2 is 2.20 bits per heavy atom. The van der Waals surface area contributed by atoms with Gasteiger partial charge in [0.15, 0.2) is 0 Å². The number of hydrogen-bond donors (Lipinski definition) is 2. The van der Waals surface area contributed by atoms with E-state index in [2.05, 4.69) is 0 Å². The zero-order valence-electron chi connectivity index (χ0n) is 14.3. The van der Waals surface area contributed by atoms with Gasteiger partial charge in [-0.3, -0.25) is 4.79 Å². The molecule has 1 amide bonds. The maximum Gasteiger partial charge on any atom is 0.345 e. The number of ether oxygens (including phenoxy) is 1. The molecule has 2 aliphatic heterocycles. The lowest BCUT2D eigenvalue weighted by Gasteiger charge is -2.44. The summed E-state index contributed by atoms with van der Waals surface area (Å²) in [7, 11) is 0. The first-order valence-electron chi connectivity index (χ1n) is 8.50. The third-order valence-corrected chi connectivity index (χ3v) is 6.88. The molecule has 2 aliphatic rings. The number of rotatable bonds is 5. The first-order valence-corrected chi connectivity index (χ1v) is 10.7. The van der Waals surface area contributed by atoms with Crippen molar-refractivity contribution in [3.63, 3.8) is 0 Å². The molecule has 1 saturated heterocycles. The second-order valence-corrected chi connectivity index (χ2v) is 8.68. The molecule has 8 heteroatoms. The minimum Gasteiger partial charge on any atom is -0.477 e. The van der Waals surface area contributed by atoms with Crippen LogP contribution >= 0.6 is 23.1 Å². The summed E-state index contributed by atoms with van der Waals surface area (Å²) in [5, 5.41) is 9.27. The predicted molar refractivity (Wildman–Crippen MR) is 99.4 cm³/mol. The Labute approximate surface area is 155 Å². The summed E-state index contributed by atoms with van der Waals surface area (Å²) < 4.78 is 6.12. The lowest BCUT2D eigenvalue weighted by atomic mass is 9.82. The van der Waals surface area contributed by atoms with Crippen LogP contribution < -0.4 is 5.73 Å². The highest BCUT2D eigenvalue weighted by atomic mass is 32.2. The number of thiophene rings is 1. The number of thioether (sulfide) groups is 1. The number of carbonyl (C=O) groups excluding carboxylic acids is 1. The maximum absolute atomic E-state index is 12.5. The number of fused-ring (bicyclic) bond motifs is 2. The van der Waals surface area contributed by atoms with Crippen molar-refractivity contribution in [2.45, 2.75) is 37.3 Å². The van der Waals surface area contributed by atoms with Crippen molar-refractivity contribution in [1.29, 1.82) is 0 Å². The van der Waals surface area contributed by atoms with Gasteiger partial charge in [-0.2, -0.15) is 11.8 Å². The van der Waals surface area contributed by atoms with Crippen LogP contribution in [-0.4, -0.2) is 59.6 Å². The lowest BCUT2D eigenvalue weighted by Crippen LogP contribution is -2.52. The molecule has 6 nitrogen and oxygen atoms in total. The standard InChI is InChI=1S/C17H24N2O4S2/c1-24-9-3-12(18)15(20)19-6-4-17(5-7-19)11-10-14(16(21)22)25-13(11)2-8-23-17/h10,12H,2-9,18H2,1H3,(H,21,22)/t12-/m0/s1. The minimum absolute atomic E-state index is 0.0106. The molecule has 1 spiro atoms. The number of carbonyl (C=O) groups is 2. The van der Waals surface area contributed by atoms with Crippen molar-refractivity contribution in [3.05, 3.63) is 21.4 Å². The Bertz CT molecular complexity index is 653. The average Bonchev–Trinajstić information content (AvgIpc) is 3.06. The summed E-state index contributed by atoms with van der Waals surface area (Å²) >= 11 is 3.04. The van der Waals surface area contributed by atoms with E-state index in [-0.39, 0.29) is 5.91 Å². The van der Waals surface area contributed by atoms with Crippen molar-refractivity contribution in [2.75, 3.05) is 31.7 Å². The zero-order valence-corrected chi connectivity index (χ0v) is 16.0. The Hall–Kier alpha value is -1.09. The van der Waals surface area contributed by atoms with Crippen LogP contribution in [0.5, 0.6) is 0 Å². The van der Waals surface area contributed by atoms with E-state index in [0.717, 1.165) is 22.6 Å². The highest BCUT2D eigenvalue weighted by Gasteiger charge is 2.43. The number of nitrogens with two attached hydrogens (primary N) is 1. The highest BCUT2D eigenvalue weighted by molar-refractivity contribution is 7.98. The SMILES string of the molecule is CSCC[C@H](N)C(=O)N1CCC2(CC1)OCCc1sc(C(=O)O)cc12. The first kappa shape index (κ1) is 18.7. The fourth-order valence-electron chi connectivity index (χ4n) is 3.63. The number of likely N-dealkylation sites (tertiary alicyclic amines) is 1. The third-order valence-electron chi connectivity index (χ3n) is 5.05. The molecule has 1 aromatic heterocycles. The van der Waals surface area contributed by atoms with E-state index in [9.17, 15) is 14.7 Å². The van der Waals surface area contributed by atoms with Gasteiger partial charge >= 0.3 is 5.97 Å². The molecule has 1 aromatic rings. The third kappa shape index (κ3) is 3.72. The molecular formula is C17H24N2O4S2. The number of aromatic carboxylic acids is 1. The number of piperidine rings is 1. The summed E-state index contributed by atoms with van der Waals surface area (Å²) in [6.45, 7) is 1.81. The van der Waals surface area contributed by atoms with Crippen molar-refractivity contribution < 1.29 is 19.4 Å². The van der Waals surface area contributed by atoms with Crippen LogP contribution in [0.3, 0.4) is 0 Å². The Morgan fingerprint density at radius 1 is 1.48 bits per heavy atom. The van der Waals surface area contributed by atoms with Gasteiger partial charge in [0.1, 0.15) is 4.88 Å². The number of carboxylic acids is 1. The fraction of sp³-hybridized carbons (Fsp3) is 0.647. The number of hydrogen-bond acceptors (Lipinski definition) is 6. The Balaban J connectivity index is 1.70. The second kappa shape index (κ2) is 7.65. The maximum atomic E-state index is 12.5. The quantitative estimate of drug-likeness (QED) is 0.806. The van der Waals surface area contributed by atoms with Crippen LogP contribution in [0.2, 0.25) is 0 Å². The van der Waals surface area contributed by atoms with E-state index in [1.165, 1.54) is 11.3 Å². The van der Waals surface area contributed by atoms with Crippen molar-refractivity contribution in [1.82, 2.24) is 4.90 Å². The van der Waals surface area contributed by atoms with E-state index in [1.807, 2.05) is 11.2 Å². The van der Waals surface area contributed by atoms with Crippen LogP contribution in [0.25, 0.3) is 0 Å². The van der Waals surface area contributed by atoms with Crippen LogP contribution in [0.1, 0.15) is 39.4 Å². The molecule has 1 atom stereocenters. The average molecular weight is 385 g/mol. The summed E-state index contributed by atoms with van der Waals surface area (Å²) in [5.41, 5.74) is 6.59. The molecule has 0 saturated carbocycles. The van der Waals surface area contributed by atoms with Crippen LogP contribution in [-0.2, 0) is 21.6 Å². The van der Waals surface area contributed by atoms with Gasteiger partial charge in [0.25, 0.3) is 0 Å². The van der Waals surface area contributed by atoms with E-state index < -0.39 is 17.6 Å². The molecule has 0 aliphatic carbocycles. The van der Waals surface area contributed by atoms with Gasteiger partial charge < -0.3 is 20.5 Å². The summed E-state index contributed by atoms with van der Waals surface area (Å²) in [4.78, 5) is 27.1. The van der Waals surface area contributed by atoms with Gasteiger partial charge in [0.05, 0.1) is 18.2 Å². The van der Waals surface area contributed by atoms with Crippen molar-refractivity contribution in [2.24, 2.45) is 5.73 Å². The molecule has 3 heterocycles. The van der Waals surface area contributed by atoms with E-state index >= 15 is 0 Å². The molecule has 3 rings (SSSR count). The summed E-state index contributed by atoms with van der Waals surface area (Å²) in [6.07, 6.45) is 4.84. The molecule has 1 fully saturated rings. The van der Waals surface area contributed by atoms with Crippen LogP contribution in [0.15, 0.2) is 6.07 Å². The predicted octanol–water partition coefficient (Wildman–Crippen LogP) is 1.92. The molecule has 25 heavy (non-hydrogen) atoms. The van der Waals surface area contributed by atoms with E-state index in [4.69, 9.17) is 10.5 Å². The smallest absolute Gasteiger partial charge is 0.345 e. The normalized spacial score (nSPS) is 20.3. The van der Waals surface area contributed by atoms with Gasteiger partial charge in [0.2, 0.25) is 5.91 Å². The number of carboxylic acid groups (broad SMARTS) is 1. The van der Waals surface area contributed by atoms with Crippen LogP contribution in [0.4, 0.5) is 0 Å². The molecule has 0 unspecified atom stereocenters. The van der Waals surface area contributed by atoms with Crippen LogP contribution in [0, 0.1) is 0 Å². The topological polar surface area (TPSA) is 92.9 Å². The Kier molecular flexibility index (Phi) is 5.72. The first-order chi connectivity index (χ1) is 12.0. The molecule has 138 valence electrons.